The van der Waals surface area contributed by atoms with Crippen molar-refractivity contribution in [3.63, 3.8) is 0 Å². The summed E-state index contributed by atoms with van der Waals surface area (Å²) in [6, 6.07) is 67.4. The van der Waals surface area contributed by atoms with Crippen LogP contribution in [-0.4, -0.2) is 0 Å². The number of hydrogen-bond donors (Lipinski definition) is 0. The average molecular weight is 772 g/mol. The lowest BCUT2D eigenvalue weighted by Gasteiger charge is -2.25. The van der Waals surface area contributed by atoms with Crippen LogP contribution in [0.15, 0.2) is 223 Å². The Labute approximate surface area is 346 Å². The van der Waals surface area contributed by atoms with Gasteiger partial charge in [-0.1, -0.05) is 176 Å². The molecule has 0 N–H and O–H groups in total. The number of hydrogen-bond acceptors (Lipinski definition) is 3. The maximum absolute atomic E-state index is 6.89. The van der Waals surface area contributed by atoms with E-state index in [1.807, 2.05) is 17.4 Å². The van der Waals surface area contributed by atoms with E-state index < -0.39 is 0 Å². The average Bonchev–Trinajstić information content (AvgIpc) is 3.88. The molecule has 3 heteroatoms. The number of thiophene rings is 1. The van der Waals surface area contributed by atoms with Gasteiger partial charge in [-0.15, -0.1) is 11.3 Å². The van der Waals surface area contributed by atoms with Gasteiger partial charge >= 0.3 is 0 Å². The number of anilines is 2. The molecular weight excluding hydrogens is 735 g/mol. The lowest BCUT2D eigenvalue weighted by atomic mass is 9.97. The molecule has 0 fully saturated rings. The molecule has 2 aromatic heterocycles. The van der Waals surface area contributed by atoms with Gasteiger partial charge in [0.15, 0.2) is 0 Å². The highest BCUT2D eigenvalue weighted by atomic mass is 32.1. The fourth-order valence-corrected chi connectivity index (χ4v) is 9.96. The zero-order valence-corrected chi connectivity index (χ0v) is 33.0. The van der Waals surface area contributed by atoms with Gasteiger partial charge in [-0.2, -0.15) is 0 Å². The molecule has 0 radical (unpaired) electrons. The molecule has 0 saturated carbocycles. The smallest absolute Gasteiger partial charge is 0.143 e. The number of allylic oxidation sites excluding steroid dienone is 4. The molecule has 0 unspecified atom stereocenters. The van der Waals surface area contributed by atoms with Crippen LogP contribution in [0.5, 0.6) is 0 Å². The first-order valence-electron chi connectivity index (χ1n) is 19.9. The second-order valence-electron chi connectivity index (χ2n) is 14.9. The van der Waals surface area contributed by atoms with E-state index in [0.29, 0.717) is 0 Å². The van der Waals surface area contributed by atoms with Gasteiger partial charge in [0.2, 0.25) is 0 Å². The fourth-order valence-electron chi connectivity index (χ4n) is 8.73. The zero-order valence-electron chi connectivity index (χ0n) is 32.2. The molecule has 0 aliphatic carbocycles. The van der Waals surface area contributed by atoms with Crippen molar-refractivity contribution in [2.45, 2.75) is 0 Å². The van der Waals surface area contributed by atoms with Crippen molar-refractivity contribution in [2.24, 2.45) is 0 Å². The molecular formula is C56H37NOS. The molecule has 0 bridgehead atoms. The van der Waals surface area contributed by atoms with Crippen molar-refractivity contribution in [3.8, 4) is 22.3 Å². The summed E-state index contributed by atoms with van der Waals surface area (Å²) < 4.78 is 9.50. The van der Waals surface area contributed by atoms with E-state index in [-0.39, 0.29) is 0 Å². The highest BCUT2D eigenvalue weighted by molar-refractivity contribution is 7.26. The topological polar surface area (TPSA) is 16.4 Å². The number of nitrogens with zero attached hydrogens (tertiary/aromatic N) is 1. The van der Waals surface area contributed by atoms with Gasteiger partial charge in [0.25, 0.3) is 0 Å². The number of fused-ring (bicyclic) bond motifs is 9. The predicted octanol–water partition coefficient (Wildman–Crippen LogP) is 16.5. The van der Waals surface area contributed by atoms with E-state index in [2.05, 4.69) is 218 Å². The van der Waals surface area contributed by atoms with E-state index in [0.717, 1.165) is 61.0 Å². The van der Waals surface area contributed by atoms with Crippen LogP contribution >= 0.6 is 11.3 Å². The van der Waals surface area contributed by atoms with Crippen molar-refractivity contribution >= 4 is 91.9 Å². The van der Waals surface area contributed by atoms with Gasteiger partial charge in [-0.3, -0.25) is 0 Å². The monoisotopic (exact) mass is 771 g/mol. The second-order valence-corrected chi connectivity index (χ2v) is 15.9. The quantitative estimate of drug-likeness (QED) is 0.143. The zero-order chi connectivity index (χ0) is 39.3. The SMILES string of the molecule is C=C/C=C(\C=C\N(c1ccc(-c2cccc3c2sc2ccccc23)cc1)c1ccccc1-c1cccc2c1oc1c3ccccc3ccc21)c1cccc2ccccc12. The highest BCUT2D eigenvalue weighted by Crippen LogP contribution is 2.44. The Morgan fingerprint density at radius 2 is 1.12 bits per heavy atom. The van der Waals surface area contributed by atoms with Crippen LogP contribution in [0.1, 0.15) is 5.56 Å². The first-order chi connectivity index (χ1) is 29.2. The van der Waals surface area contributed by atoms with Gasteiger partial charge in [0.05, 0.1) is 5.69 Å². The van der Waals surface area contributed by atoms with Gasteiger partial charge < -0.3 is 9.32 Å². The molecule has 11 rings (SSSR count). The Bertz CT molecular complexity index is 3470. The highest BCUT2D eigenvalue weighted by Gasteiger charge is 2.20. The van der Waals surface area contributed by atoms with Gasteiger partial charge in [0.1, 0.15) is 11.2 Å². The van der Waals surface area contributed by atoms with E-state index in [4.69, 9.17) is 4.42 Å². The molecule has 0 aliphatic heterocycles. The van der Waals surface area contributed by atoms with Crippen LogP contribution in [0.3, 0.4) is 0 Å². The van der Waals surface area contributed by atoms with Crippen molar-refractivity contribution in [3.05, 3.63) is 225 Å². The number of rotatable bonds is 8. The molecule has 0 spiro atoms. The molecule has 2 nitrogen and oxygen atoms in total. The Morgan fingerprint density at radius 3 is 1.97 bits per heavy atom. The molecule has 0 aliphatic rings. The maximum atomic E-state index is 6.89. The minimum atomic E-state index is 0.880. The molecule has 11 aromatic rings. The second kappa shape index (κ2) is 14.5. The summed E-state index contributed by atoms with van der Waals surface area (Å²) in [6.45, 7) is 4.11. The third-order valence-electron chi connectivity index (χ3n) is 11.5. The van der Waals surface area contributed by atoms with Gasteiger partial charge in [-0.05, 0) is 74.8 Å². The Hall–Kier alpha value is -7.46. The Morgan fingerprint density at radius 1 is 0.492 bits per heavy atom. The summed E-state index contributed by atoms with van der Waals surface area (Å²) in [7, 11) is 0. The van der Waals surface area contributed by atoms with Crippen LogP contribution in [0.4, 0.5) is 11.4 Å². The van der Waals surface area contributed by atoms with Gasteiger partial charge in [-0.25, -0.2) is 0 Å². The lowest BCUT2D eigenvalue weighted by molar-refractivity contribution is 0.674. The van der Waals surface area contributed by atoms with Crippen molar-refractivity contribution in [2.75, 3.05) is 4.90 Å². The lowest BCUT2D eigenvalue weighted by Crippen LogP contribution is -2.10. The van der Waals surface area contributed by atoms with Gasteiger partial charge in [0, 0.05) is 59.3 Å². The molecule has 0 saturated heterocycles. The molecule has 0 atom stereocenters. The van der Waals surface area contributed by atoms with E-state index >= 15 is 0 Å². The predicted molar refractivity (Wildman–Crippen MR) is 255 cm³/mol. The molecule has 2 heterocycles. The van der Waals surface area contributed by atoms with Crippen molar-refractivity contribution in [1.29, 1.82) is 0 Å². The minimum Gasteiger partial charge on any atom is -0.455 e. The minimum absolute atomic E-state index is 0.880. The largest absolute Gasteiger partial charge is 0.455 e. The van der Waals surface area contributed by atoms with Crippen molar-refractivity contribution < 1.29 is 4.42 Å². The third kappa shape index (κ3) is 5.94. The molecule has 59 heavy (non-hydrogen) atoms. The van der Waals surface area contributed by atoms with E-state index in [9.17, 15) is 0 Å². The van der Waals surface area contributed by atoms with Crippen molar-refractivity contribution in [1.82, 2.24) is 0 Å². The maximum Gasteiger partial charge on any atom is 0.143 e. The third-order valence-corrected chi connectivity index (χ3v) is 12.7. The summed E-state index contributed by atoms with van der Waals surface area (Å²) in [6.07, 6.45) is 8.37. The first kappa shape index (κ1) is 34.8. The van der Waals surface area contributed by atoms with Crippen LogP contribution in [0, 0.1) is 0 Å². The van der Waals surface area contributed by atoms with E-state index in [1.165, 1.54) is 47.5 Å². The first-order valence-corrected chi connectivity index (χ1v) is 20.8. The number of para-hydroxylation sites is 2. The van der Waals surface area contributed by atoms with Crippen LogP contribution in [-0.2, 0) is 0 Å². The summed E-state index contributed by atoms with van der Waals surface area (Å²) in [5.74, 6) is 0. The van der Waals surface area contributed by atoms with Crippen LogP contribution in [0.2, 0.25) is 0 Å². The standard InChI is InChI=1S/C56H37NOS/c1-2-14-37(43-22-11-17-38-15-3-5-18-42(38)43)35-36-57(41-32-29-40(30-33-41)45-23-12-26-51-47-21-8-10-28-53(47)59-56(45)51)52-27-9-7-20-46(52)48-24-13-25-49-50-34-31-39-16-4-6-19-44(39)54(50)58-55(48)49/h2-36H,1H2/b36-35+,37-14+. The fraction of sp³-hybridized carbons (Fsp3) is 0. The summed E-state index contributed by atoms with van der Waals surface area (Å²) >= 11 is 1.86. The summed E-state index contributed by atoms with van der Waals surface area (Å²) in [4.78, 5) is 2.30. The van der Waals surface area contributed by atoms with Crippen LogP contribution < -0.4 is 4.90 Å². The molecule has 9 aromatic carbocycles. The summed E-state index contributed by atoms with van der Waals surface area (Å²) in [5, 5.41) is 9.51. The normalized spacial score (nSPS) is 12.2. The summed E-state index contributed by atoms with van der Waals surface area (Å²) in [5.41, 5.74) is 10.6. The van der Waals surface area contributed by atoms with Crippen LogP contribution in [0.25, 0.3) is 91.5 Å². The number of furan rings is 1. The Kier molecular flexibility index (Phi) is 8.53. The Balaban J connectivity index is 1.08. The number of benzene rings is 9. The molecule has 0 amide bonds. The van der Waals surface area contributed by atoms with E-state index in [1.54, 1.807) is 0 Å². The molecule has 278 valence electrons.